The van der Waals surface area contributed by atoms with Crippen LogP contribution in [0.1, 0.15) is 17.0 Å². The lowest BCUT2D eigenvalue weighted by Crippen LogP contribution is -2.19. The topological polar surface area (TPSA) is 29.9 Å². The summed E-state index contributed by atoms with van der Waals surface area (Å²) in [4.78, 5) is 4.25. The van der Waals surface area contributed by atoms with E-state index >= 15 is 0 Å². The van der Waals surface area contributed by atoms with Crippen molar-refractivity contribution >= 4 is 11.6 Å². The minimum Gasteiger partial charge on any atom is -0.321 e. The van der Waals surface area contributed by atoms with Crippen LogP contribution in [0.15, 0.2) is 30.5 Å². The van der Waals surface area contributed by atoms with Gasteiger partial charge in [0, 0.05) is 7.05 Å². The molecule has 0 fully saturated rings. The van der Waals surface area contributed by atoms with Gasteiger partial charge in [0.2, 0.25) is 0 Å². The number of aryl methyl sites for hydroxylation is 1. The van der Waals surface area contributed by atoms with Gasteiger partial charge in [0.05, 0.1) is 12.7 Å². The van der Waals surface area contributed by atoms with E-state index in [9.17, 15) is 0 Å². The lowest BCUT2D eigenvalue weighted by atomic mass is 10.1. The molecule has 2 rings (SSSR count). The third kappa shape index (κ3) is 3.12. The van der Waals surface area contributed by atoms with Crippen molar-refractivity contribution in [2.45, 2.75) is 19.9 Å². The first-order valence-electron chi connectivity index (χ1n) is 6.10. The van der Waals surface area contributed by atoms with Gasteiger partial charge in [-0.15, -0.1) is 0 Å². The molecule has 0 saturated heterocycles. The van der Waals surface area contributed by atoms with Gasteiger partial charge >= 0.3 is 0 Å². The van der Waals surface area contributed by atoms with E-state index in [1.165, 1.54) is 11.1 Å². The summed E-state index contributed by atoms with van der Waals surface area (Å²) in [6.45, 7) is 3.83. The van der Waals surface area contributed by atoms with Gasteiger partial charge in [-0.25, -0.2) is 4.98 Å². The Morgan fingerprint density at radius 2 is 2.11 bits per heavy atom. The zero-order valence-electron chi connectivity index (χ0n) is 10.8. The van der Waals surface area contributed by atoms with Crippen LogP contribution in [0.2, 0.25) is 5.15 Å². The van der Waals surface area contributed by atoms with E-state index in [0.717, 1.165) is 25.3 Å². The lowest BCUT2D eigenvalue weighted by molar-refractivity contribution is 0.637. The third-order valence-corrected chi connectivity index (χ3v) is 3.49. The minimum atomic E-state index is 0.672. The Morgan fingerprint density at radius 3 is 2.78 bits per heavy atom. The quantitative estimate of drug-likeness (QED) is 0.841. The van der Waals surface area contributed by atoms with Crippen LogP contribution >= 0.6 is 11.6 Å². The first-order valence-corrected chi connectivity index (χ1v) is 6.47. The van der Waals surface area contributed by atoms with Crippen LogP contribution in [0.25, 0.3) is 0 Å². The van der Waals surface area contributed by atoms with Gasteiger partial charge < -0.3 is 9.88 Å². The van der Waals surface area contributed by atoms with Crippen molar-refractivity contribution in [3.05, 3.63) is 52.6 Å². The average Bonchev–Trinajstić information content (AvgIpc) is 2.68. The van der Waals surface area contributed by atoms with Crippen molar-refractivity contribution in [1.29, 1.82) is 0 Å². The molecule has 0 radical (unpaired) electrons. The lowest BCUT2D eigenvalue weighted by Gasteiger charge is -2.07. The minimum absolute atomic E-state index is 0.672. The smallest absolute Gasteiger partial charge is 0.128 e. The Hall–Kier alpha value is -1.32. The molecular weight excluding hydrogens is 246 g/mol. The van der Waals surface area contributed by atoms with Gasteiger partial charge in [0.15, 0.2) is 0 Å². The SMILES string of the molecule is Cc1ccccc1CCNCc1ncc(Cl)n1C. The molecule has 0 bridgehead atoms. The highest BCUT2D eigenvalue weighted by Crippen LogP contribution is 2.09. The summed E-state index contributed by atoms with van der Waals surface area (Å²) >= 11 is 5.93. The van der Waals surface area contributed by atoms with Crippen LogP contribution in [0.3, 0.4) is 0 Å². The molecule has 3 nitrogen and oxygen atoms in total. The number of rotatable bonds is 5. The van der Waals surface area contributed by atoms with Gasteiger partial charge in [0.25, 0.3) is 0 Å². The zero-order chi connectivity index (χ0) is 13.0. The van der Waals surface area contributed by atoms with Crippen LogP contribution in [0.4, 0.5) is 0 Å². The van der Waals surface area contributed by atoms with E-state index in [0.29, 0.717) is 5.15 Å². The molecule has 1 heterocycles. The molecule has 1 aromatic carbocycles. The molecule has 0 spiro atoms. The van der Waals surface area contributed by atoms with Crippen LogP contribution in [-0.2, 0) is 20.0 Å². The Morgan fingerprint density at radius 1 is 1.33 bits per heavy atom. The summed E-state index contributed by atoms with van der Waals surface area (Å²) in [5, 5.41) is 4.06. The van der Waals surface area contributed by atoms with Crippen LogP contribution in [0, 0.1) is 6.92 Å². The van der Waals surface area contributed by atoms with Crippen molar-refractivity contribution < 1.29 is 0 Å². The summed E-state index contributed by atoms with van der Waals surface area (Å²) in [7, 11) is 1.92. The molecule has 0 aliphatic heterocycles. The Bertz CT molecular complexity index is 520. The Kier molecular flexibility index (Phi) is 4.39. The second kappa shape index (κ2) is 6.03. The number of benzene rings is 1. The largest absolute Gasteiger partial charge is 0.321 e. The monoisotopic (exact) mass is 263 g/mol. The molecule has 1 aromatic heterocycles. The molecule has 0 unspecified atom stereocenters. The van der Waals surface area contributed by atoms with E-state index in [4.69, 9.17) is 11.6 Å². The van der Waals surface area contributed by atoms with Crippen molar-refractivity contribution in [2.24, 2.45) is 7.05 Å². The molecule has 0 saturated carbocycles. The Balaban J connectivity index is 1.80. The van der Waals surface area contributed by atoms with Gasteiger partial charge in [-0.05, 0) is 31.0 Å². The molecule has 0 amide bonds. The fraction of sp³-hybridized carbons (Fsp3) is 0.357. The standard InChI is InChI=1S/C14H18ClN3/c1-11-5-3-4-6-12(11)7-8-16-10-14-17-9-13(15)18(14)2/h3-6,9,16H,7-8,10H2,1-2H3. The second-order valence-corrected chi connectivity index (χ2v) is 4.80. The average molecular weight is 264 g/mol. The molecule has 96 valence electrons. The van der Waals surface area contributed by atoms with Crippen molar-refractivity contribution in [3.63, 3.8) is 0 Å². The highest BCUT2D eigenvalue weighted by molar-refractivity contribution is 6.29. The van der Waals surface area contributed by atoms with Crippen molar-refractivity contribution in [2.75, 3.05) is 6.54 Å². The number of nitrogens with one attached hydrogen (secondary N) is 1. The van der Waals surface area contributed by atoms with E-state index in [1.807, 2.05) is 11.6 Å². The number of nitrogens with zero attached hydrogens (tertiary/aromatic N) is 2. The highest BCUT2D eigenvalue weighted by Gasteiger charge is 2.03. The molecule has 1 N–H and O–H groups in total. The molecule has 0 aliphatic rings. The van der Waals surface area contributed by atoms with Crippen molar-refractivity contribution in [3.8, 4) is 0 Å². The summed E-state index contributed by atoms with van der Waals surface area (Å²) in [5.74, 6) is 0.963. The van der Waals surface area contributed by atoms with Crippen molar-refractivity contribution in [1.82, 2.24) is 14.9 Å². The summed E-state index contributed by atoms with van der Waals surface area (Å²) < 4.78 is 1.89. The van der Waals surface area contributed by atoms with Gasteiger partial charge in [-0.1, -0.05) is 35.9 Å². The normalized spacial score (nSPS) is 10.8. The summed E-state index contributed by atoms with van der Waals surface area (Å²) in [6, 6.07) is 8.48. The van der Waals surface area contributed by atoms with E-state index in [-0.39, 0.29) is 0 Å². The highest BCUT2D eigenvalue weighted by atomic mass is 35.5. The Labute approximate surface area is 113 Å². The second-order valence-electron chi connectivity index (χ2n) is 4.41. The third-order valence-electron chi connectivity index (χ3n) is 3.14. The molecule has 0 atom stereocenters. The molecular formula is C14H18ClN3. The maximum Gasteiger partial charge on any atom is 0.128 e. The fourth-order valence-corrected chi connectivity index (χ4v) is 2.05. The maximum atomic E-state index is 5.93. The van der Waals surface area contributed by atoms with E-state index in [2.05, 4.69) is 41.5 Å². The molecule has 0 aliphatic carbocycles. The van der Waals surface area contributed by atoms with Gasteiger partial charge in [-0.2, -0.15) is 0 Å². The molecule has 4 heteroatoms. The van der Waals surface area contributed by atoms with E-state index < -0.39 is 0 Å². The summed E-state index contributed by atoms with van der Waals surface area (Å²) in [5.41, 5.74) is 2.74. The number of hydrogen-bond donors (Lipinski definition) is 1. The van der Waals surface area contributed by atoms with E-state index in [1.54, 1.807) is 6.20 Å². The fourth-order valence-electron chi connectivity index (χ4n) is 1.90. The molecule has 2 aromatic rings. The van der Waals surface area contributed by atoms with Crippen LogP contribution in [0.5, 0.6) is 0 Å². The first-order chi connectivity index (χ1) is 8.68. The zero-order valence-corrected chi connectivity index (χ0v) is 11.5. The van der Waals surface area contributed by atoms with Crippen LogP contribution < -0.4 is 5.32 Å². The summed E-state index contributed by atoms with van der Waals surface area (Å²) in [6.07, 6.45) is 2.71. The number of hydrogen-bond acceptors (Lipinski definition) is 2. The van der Waals surface area contributed by atoms with Gasteiger partial charge in [0.1, 0.15) is 11.0 Å². The number of aromatic nitrogens is 2. The number of halogens is 1. The molecule has 18 heavy (non-hydrogen) atoms. The first kappa shape index (κ1) is 13.1. The van der Waals surface area contributed by atoms with Gasteiger partial charge in [-0.3, -0.25) is 0 Å². The number of imidazole rings is 1. The predicted molar refractivity (Wildman–Crippen MR) is 74.8 cm³/mol. The maximum absolute atomic E-state index is 5.93. The predicted octanol–water partition coefficient (Wildman–Crippen LogP) is 2.71. The van der Waals surface area contributed by atoms with Crippen LogP contribution in [-0.4, -0.2) is 16.1 Å².